The maximum Gasteiger partial charge on any atom is 0.251 e. The van der Waals surface area contributed by atoms with Gasteiger partial charge in [0.2, 0.25) is 5.91 Å². The van der Waals surface area contributed by atoms with Gasteiger partial charge in [-0.2, -0.15) is 0 Å². The van der Waals surface area contributed by atoms with Gasteiger partial charge in [-0.25, -0.2) is 4.98 Å². The van der Waals surface area contributed by atoms with Crippen LogP contribution in [-0.4, -0.2) is 45.1 Å². The molecule has 0 unspecified atom stereocenters. The van der Waals surface area contributed by atoms with Gasteiger partial charge in [0.05, 0.1) is 5.75 Å². The maximum absolute atomic E-state index is 12.7. The third-order valence-corrected chi connectivity index (χ3v) is 7.00. The fraction of sp³-hybridized carbons (Fsp3) is 0.346. The number of anilines is 1. The molecule has 0 aliphatic carbocycles. The first-order valence-corrected chi connectivity index (χ1v) is 12.6. The summed E-state index contributed by atoms with van der Waals surface area (Å²) in [5.74, 6) is 0.0238. The average molecular weight is 478 g/mol. The molecule has 8 heteroatoms. The van der Waals surface area contributed by atoms with Crippen molar-refractivity contribution in [2.75, 3.05) is 24.2 Å². The minimum atomic E-state index is -0.129. The van der Waals surface area contributed by atoms with Crippen molar-refractivity contribution in [2.45, 2.75) is 37.5 Å². The molecule has 2 amide bonds. The van der Waals surface area contributed by atoms with Crippen LogP contribution < -0.4 is 10.6 Å². The Morgan fingerprint density at radius 3 is 2.44 bits per heavy atom. The summed E-state index contributed by atoms with van der Waals surface area (Å²) in [5.41, 5.74) is 3.64. The molecule has 0 saturated carbocycles. The molecule has 0 atom stereocenters. The molecule has 34 heavy (non-hydrogen) atoms. The van der Waals surface area contributed by atoms with Gasteiger partial charge in [0.15, 0.2) is 5.16 Å². The second-order valence-electron chi connectivity index (χ2n) is 8.52. The number of hydrogen-bond donors (Lipinski definition) is 2. The number of carbonyl (C=O) groups excluding carboxylic acids is 2. The Kier molecular flexibility index (Phi) is 8.38. The molecule has 178 valence electrons. The Morgan fingerprint density at radius 1 is 1.00 bits per heavy atom. The molecular formula is C26H31N5O2S. The van der Waals surface area contributed by atoms with E-state index >= 15 is 0 Å². The molecule has 7 nitrogen and oxygen atoms in total. The van der Waals surface area contributed by atoms with Crippen molar-refractivity contribution in [1.29, 1.82) is 0 Å². The molecule has 2 aromatic carbocycles. The number of carbonyl (C=O) groups is 2. The molecule has 1 aliphatic rings. The van der Waals surface area contributed by atoms with Crippen molar-refractivity contribution >= 4 is 29.3 Å². The van der Waals surface area contributed by atoms with Crippen LogP contribution in [0, 0.1) is 0 Å². The predicted octanol–water partition coefficient (Wildman–Crippen LogP) is 4.07. The molecule has 4 rings (SSSR count). The van der Waals surface area contributed by atoms with Crippen LogP contribution in [0.15, 0.2) is 66.1 Å². The highest BCUT2D eigenvalue weighted by atomic mass is 32.2. The van der Waals surface area contributed by atoms with Gasteiger partial charge in [0, 0.05) is 43.8 Å². The number of likely N-dealkylation sites (tertiary alicyclic amines) is 1. The number of piperidine rings is 1. The van der Waals surface area contributed by atoms with E-state index in [1.807, 2.05) is 23.9 Å². The van der Waals surface area contributed by atoms with E-state index in [0.29, 0.717) is 17.8 Å². The molecule has 0 bridgehead atoms. The lowest BCUT2D eigenvalue weighted by molar-refractivity contribution is -0.113. The lowest BCUT2D eigenvalue weighted by Gasteiger charge is -2.27. The van der Waals surface area contributed by atoms with Gasteiger partial charge >= 0.3 is 0 Å². The average Bonchev–Trinajstić information content (AvgIpc) is 3.27. The largest absolute Gasteiger partial charge is 0.348 e. The van der Waals surface area contributed by atoms with Crippen LogP contribution >= 0.6 is 11.8 Å². The summed E-state index contributed by atoms with van der Waals surface area (Å²) in [6, 6.07) is 15.3. The second-order valence-corrected chi connectivity index (χ2v) is 9.47. The van der Waals surface area contributed by atoms with E-state index in [-0.39, 0.29) is 17.6 Å². The summed E-state index contributed by atoms with van der Waals surface area (Å²) in [7, 11) is 1.89. The number of benzene rings is 2. The molecule has 0 radical (unpaired) electrons. The summed E-state index contributed by atoms with van der Waals surface area (Å²) in [4.78, 5) is 31.6. The normalized spacial score (nSPS) is 14.0. The first-order valence-electron chi connectivity index (χ1n) is 11.7. The number of nitrogens with one attached hydrogen (secondary N) is 2. The van der Waals surface area contributed by atoms with Crippen molar-refractivity contribution in [3.8, 4) is 0 Å². The molecule has 1 aromatic heterocycles. The number of hydrogen-bond acceptors (Lipinski definition) is 5. The van der Waals surface area contributed by atoms with E-state index in [4.69, 9.17) is 0 Å². The fourth-order valence-corrected chi connectivity index (χ4v) is 4.78. The summed E-state index contributed by atoms with van der Waals surface area (Å²) >= 11 is 1.38. The van der Waals surface area contributed by atoms with E-state index in [9.17, 15) is 9.59 Å². The quantitative estimate of drug-likeness (QED) is 0.454. The fourth-order valence-electron chi connectivity index (χ4n) is 4.04. The molecule has 2 heterocycles. The van der Waals surface area contributed by atoms with Crippen LogP contribution in [0.1, 0.15) is 40.7 Å². The first-order chi connectivity index (χ1) is 16.6. The topological polar surface area (TPSA) is 79.3 Å². The van der Waals surface area contributed by atoms with Crippen molar-refractivity contribution < 1.29 is 9.59 Å². The van der Waals surface area contributed by atoms with Crippen LogP contribution in [-0.2, 0) is 24.9 Å². The van der Waals surface area contributed by atoms with Gasteiger partial charge in [-0.3, -0.25) is 14.5 Å². The Bertz CT molecular complexity index is 1110. The molecule has 3 aromatic rings. The van der Waals surface area contributed by atoms with Crippen LogP contribution in [0.25, 0.3) is 0 Å². The van der Waals surface area contributed by atoms with E-state index in [2.05, 4.69) is 38.7 Å². The molecule has 1 fully saturated rings. The van der Waals surface area contributed by atoms with E-state index in [0.717, 1.165) is 30.4 Å². The SMILES string of the molecule is Cn1ccnc1SCC(=O)Nc1ccc(C(=O)NCc2ccccc2CN2CCCCC2)cc1. The highest BCUT2D eigenvalue weighted by Gasteiger charge is 2.13. The third-order valence-electron chi connectivity index (χ3n) is 5.94. The summed E-state index contributed by atoms with van der Waals surface area (Å²) < 4.78 is 1.87. The highest BCUT2D eigenvalue weighted by Crippen LogP contribution is 2.18. The lowest BCUT2D eigenvalue weighted by Crippen LogP contribution is -2.30. The third kappa shape index (κ3) is 6.71. The van der Waals surface area contributed by atoms with Crippen LogP contribution in [0.3, 0.4) is 0 Å². The van der Waals surface area contributed by atoms with Crippen LogP contribution in [0.2, 0.25) is 0 Å². The Morgan fingerprint density at radius 2 is 1.74 bits per heavy atom. The van der Waals surface area contributed by atoms with Gasteiger partial charge in [0.25, 0.3) is 5.91 Å². The van der Waals surface area contributed by atoms with Crippen molar-refractivity contribution in [3.63, 3.8) is 0 Å². The second kappa shape index (κ2) is 11.9. The number of thioether (sulfide) groups is 1. The summed E-state index contributed by atoms with van der Waals surface area (Å²) in [5, 5.41) is 6.69. The monoisotopic (exact) mass is 477 g/mol. The van der Waals surface area contributed by atoms with Crippen molar-refractivity contribution in [2.24, 2.45) is 7.05 Å². The minimum absolute atomic E-state index is 0.115. The van der Waals surface area contributed by atoms with Gasteiger partial charge in [0.1, 0.15) is 0 Å². The number of imidazole rings is 1. The van der Waals surface area contributed by atoms with Crippen molar-refractivity contribution in [1.82, 2.24) is 19.8 Å². The van der Waals surface area contributed by atoms with Gasteiger partial charge in [-0.15, -0.1) is 0 Å². The Labute approximate surface area is 204 Å². The molecule has 1 aliphatic heterocycles. The predicted molar refractivity (Wildman–Crippen MR) is 136 cm³/mol. The van der Waals surface area contributed by atoms with Crippen LogP contribution in [0.4, 0.5) is 5.69 Å². The minimum Gasteiger partial charge on any atom is -0.348 e. The Balaban J connectivity index is 1.27. The highest BCUT2D eigenvalue weighted by molar-refractivity contribution is 7.99. The summed E-state index contributed by atoms with van der Waals surface area (Å²) in [6.45, 7) is 3.71. The van der Waals surface area contributed by atoms with Crippen molar-refractivity contribution in [3.05, 3.63) is 77.6 Å². The number of nitrogens with zero attached hydrogens (tertiary/aromatic N) is 3. The van der Waals surface area contributed by atoms with Gasteiger partial charge < -0.3 is 15.2 Å². The number of aromatic nitrogens is 2. The zero-order chi connectivity index (χ0) is 23.8. The van der Waals surface area contributed by atoms with E-state index in [1.165, 1.54) is 36.6 Å². The van der Waals surface area contributed by atoms with E-state index in [1.54, 1.807) is 30.5 Å². The molecule has 1 saturated heterocycles. The molecular weight excluding hydrogens is 446 g/mol. The van der Waals surface area contributed by atoms with Crippen LogP contribution in [0.5, 0.6) is 0 Å². The lowest BCUT2D eigenvalue weighted by atomic mass is 10.0. The zero-order valence-electron chi connectivity index (χ0n) is 19.5. The zero-order valence-corrected chi connectivity index (χ0v) is 20.3. The summed E-state index contributed by atoms with van der Waals surface area (Å²) in [6.07, 6.45) is 7.39. The van der Waals surface area contributed by atoms with Gasteiger partial charge in [-0.05, 0) is 61.3 Å². The molecule has 0 spiro atoms. The molecule has 2 N–H and O–H groups in total. The smallest absolute Gasteiger partial charge is 0.251 e. The first kappa shape index (κ1) is 24.0. The maximum atomic E-state index is 12.7. The number of aryl methyl sites for hydroxylation is 1. The number of amides is 2. The Hall–Kier alpha value is -3.10. The standard InChI is InChI=1S/C26H31N5O2S/c1-30-16-13-27-26(30)34-19-24(32)29-23-11-9-20(10-12-23)25(33)28-17-21-7-3-4-8-22(21)18-31-14-5-2-6-15-31/h3-4,7-13,16H,2,5-6,14-15,17-19H2,1H3,(H,28,33)(H,29,32). The number of rotatable bonds is 9. The van der Waals surface area contributed by atoms with Gasteiger partial charge in [-0.1, -0.05) is 42.4 Å². The van der Waals surface area contributed by atoms with E-state index < -0.39 is 0 Å².